The lowest BCUT2D eigenvalue weighted by Crippen LogP contribution is -2.13. The third-order valence-corrected chi connectivity index (χ3v) is 3.42. The van der Waals surface area contributed by atoms with E-state index in [1.807, 2.05) is 36.6 Å². The van der Waals surface area contributed by atoms with Crippen molar-refractivity contribution >= 4 is 34.0 Å². The molecule has 0 saturated carbocycles. The summed E-state index contributed by atoms with van der Waals surface area (Å²) in [5.74, 6) is 0.464. The summed E-state index contributed by atoms with van der Waals surface area (Å²) in [4.78, 5) is 0. The molecule has 1 aromatic carbocycles. The zero-order valence-corrected chi connectivity index (χ0v) is 12.1. The molecule has 5 nitrogen and oxygen atoms in total. The van der Waals surface area contributed by atoms with Gasteiger partial charge in [0.1, 0.15) is 12.1 Å². The van der Waals surface area contributed by atoms with Crippen LogP contribution in [0.15, 0.2) is 18.5 Å². The Morgan fingerprint density at radius 3 is 2.83 bits per heavy atom. The number of nitrogens with two attached hydrogens (primary N) is 1. The maximum Gasteiger partial charge on any atom is 0.154 e. The van der Waals surface area contributed by atoms with Crippen LogP contribution in [0.25, 0.3) is 0 Å². The molecule has 0 aliphatic carbocycles. The summed E-state index contributed by atoms with van der Waals surface area (Å²) in [6.45, 7) is 1.92. The summed E-state index contributed by atoms with van der Waals surface area (Å²) in [7, 11) is 1.85. The Morgan fingerprint density at radius 1 is 1.50 bits per heavy atom. The Bertz CT molecular complexity index is 569. The molecular weight excluding hydrogens is 348 g/mol. The molecule has 0 amide bonds. The van der Waals surface area contributed by atoms with Crippen LogP contribution in [0.4, 0.5) is 15.8 Å². The first-order chi connectivity index (χ1) is 8.49. The van der Waals surface area contributed by atoms with Gasteiger partial charge < -0.3 is 15.6 Å². The van der Waals surface area contributed by atoms with Crippen molar-refractivity contribution in [3.8, 4) is 0 Å². The van der Waals surface area contributed by atoms with Crippen LogP contribution in [-0.2, 0) is 7.05 Å². The van der Waals surface area contributed by atoms with E-state index in [0.717, 1.165) is 5.82 Å². The Morgan fingerprint density at radius 2 is 2.22 bits per heavy atom. The second kappa shape index (κ2) is 5.09. The Kier molecular flexibility index (Phi) is 3.69. The highest BCUT2D eigenvalue weighted by molar-refractivity contribution is 14.1. The van der Waals surface area contributed by atoms with E-state index in [4.69, 9.17) is 5.73 Å². The van der Waals surface area contributed by atoms with Crippen LogP contribution in [-0.4, -0.2) is 14.8 Å². The molecule has 0 fully saturated rings. The molecule has 0 aliphatic heterocycles. The molecule has 96 valence electrons. The van der Waals surface area contributed by atoms with Gasteiger partial charge in [0.25, 0.3) is 0 Å². The largest absolute Gasteiger partial charge is 0.397 e. The highest BCUT2D eigenvalue weighted by atomic mass is 127. The molecular formula is C11H13FIN5. The Labute approximate surface area is 118 Å². The van der Waals surface area contributed by atoms with E-state index in [1.54, 1.807) is 17.0 Å². The fourth-order valence-electron chi connectivity index (χ4n) is 1.67. The number of nitrogens with one attached hydrogen (secondary N) is 1. The van der Waals surface area contributed by atoms with Crippen molar-refractivity contribution in [1.29, 1.82) is 0 Å². The van der Waals surface area contributed by atoms with Crippen LogP contribution in [0, 0.1) is 9.39 Å². The van der Waals surface area contributed by atoms with Gasteiger partial charge in [-0.3, -0.25) is 0 Å². The Hall–Kier alpha value is -1.38. The topological polar surface area (TPSA) is 68.8 Å². The molecule has 2 aromatic rings. The average Bonchev–Trinajstić information content (AvgIpc) is 2.72. The van der Waals surface area contributed by atoms with Gasteiger partial charge in [0.2, 0.25) is 0 Å². The summed E-state index contributed by atoms with van der Waals surface area (Å²) >= 11 is 1.91. The molecule has 0 radical (unpaired) electrons. The van der Waals surface area contributed by atoms with Crippen molar-refractivity contribution in [2.75, 3.05) is 11.1 Å². The van der Waals surface area contributed by atoms with Gasteiger partial charge in [-0.05, 0) is 35.6 Å². The zero-order valence-electron chi connectivity index (χ0n) is 9.98. The lowest BCUT2D eigenvalue weighted by Gasteiger charge is -2.16. The first kappa shape index (κ1) is 13.1. The van der Waals surface area contributed by atoms with E-state index in [-0.39, 0.29) is 11.9 Å². The van der Waals surface area contributed by atoms with Crippen LogP contribution < -0.4 is 11.1 Å². The molecule has 0 aliphatic rings. The third-order valence-electron chi connectivity index (χ3n) is 2.60. The molecule has 2 rings (SSSR count). The van der Waals surface area contributed by atoms with Crippen LogP contribution in [0.3, 0.4) is 0 Å². The maximum absolute atomic E-state index is 13.5. The second-order valence-corrected chi connectivity index (χ2v) is 5.18. The van der Waals surface area contributed by atoms with Gasteiger partial charge in [-0.1, -0.05) is 0 Å². The van der Waals surface area contributed by atoms with Gasteiger partial charge in [0.15, 0.2) is 5.82 Å². The number of hydrogen-bond acceptors (Lipinski definition) is 4. The molecule has 1 heterocycles. The number of anilines is 2. The predicted octanol–water partition coefficient (Wildman–Crippen LogP) is 2.31. The van der Waals surface area contributed by atoms with Gasteiger partial charge >= 0.3 is 0 Å². The summed E-state index contributed by atoms with van der Waals surface area (Å²) in [5.41, 5.74) is 6.92. The van der Waals surface area contributed by atoms with Crippen molar-refractivity contribution in [1.82, 2.24) is 14.8 Å². The van der Waals surface area contributed by atoms with Crippen molar-refractivity contribution in [2.45, 2.75) is 13.0 Å². The van der Waals surface area contributed by atoms with E-state index in [1.165, 1.54) is 6.07 Å². The molecule has 1 atom stereocenters. The van der Waals surface area contributed by atoms with Gasteiger partial charge in [0.05, 0.1) is 21.0 Å². The lowest BCUT2D eigenvalue weighted by molar-refractivity contribution is 0.620. The molecule has 1 aromatic heterocycles. The van der Waals surface area contributed by atoms with Gasteiger partial charge in [0, 0.05) is 13.1 Å². The Balaban J connectivity index is 2.24. The van der Waals surface area contributed by atoms with Crippen molar-refractivity contribution in [3.05, 3.63) is 33.7 Å². The minimum absolute atomic E-state index is 0.112. The molecule has 0 spiro atoms. The second-order valence-electron chi connectivity index (χ2n) is 4.02. The minimum atomic E-state index is -0.294. The number of halogens is 2. The van der Waals surface area contributed by atoms with Crippen LogP contribution in [0.5, 0.6) is 0 Å². The molecule has 7 heteroatoms. The standard InChI is InChI=1S/C11H13FIN5/c1-6(11-17-15-5-18(11)2)16-10-3-7(12)8(13)4-9(10)14/h3-6,16H,14H2,1-2H3. The fourth-order valence-corrected chi connectivity index (χ4v) is 2.16. The van der Waals surface area contributed by atoms with E-state index in [2.05, 4.69) is 15.5 Å². The number of benzene rings is 1. The maximum atomic E-state index is 13.5. The number of hydrogen-bond donors (Lipinski definition) is 2. The third kappa shape index (κ3) is 2.55. The summed E-state index contributed by atoms with van der Waals surface area (Å²) in [6, 6.07) is 2.88. The quantitative estimate of drug-likeness (QED) is 0.650. The number of aromatic nitrogens is 3. The number of rotatable bonds is 3. The monoisotopic (exact) mass is 361 g/mol. The fraction of sp³-hybridized carbons (Fsp3) is 0.273. The molecule has 0 bridgehead atoms. The number of aryl methyl sites for hydroxylation is 1. The summed E-state index contributed by atoms with van der Waals surface area (Å²) in [5, 5.41) is 10.9. The van der Waals surface area contributed by atoms with Gasteiger partial charge in [-0.2, -0.15) is 0 Å². The lowest BCUT2D eigenvalue weighted by atomic mass is 10.2. The highest BCUT2D eigenvalue weighted by Crippen LogP contribution is 2.27. The molecule has 0 saturated heterocycles. The van der Waals surface area contributed by atoms with Crippen molar-refractivity contribution in [3.63, 3.8) is 0 Å². The molecule has 1 unspecified atom stereocenters. The molecule has 3 N–H and O–H groups in total. The normalized spacial score (nSPS) is 12.4. The van der Waals surface area contributed by atoms with Crippen molar-refractivity contribution < 1.29 is 4.39 Å². The van der Waals surface area contributed by atoms with E-state index in [9.17, 15) is 4.39 Å². The van der Waals surface area contributed by atoms with E-state index >= 15 is 0 Å². The van der Waals surface area contributed by atoms with E-state index in [0.29, 0.717) is 14.9 Å². The summed E-state index contributed by atoms with van der Waals surface area (Å²) in [6.07, 6.45) is 1.62. The van der Waals surface area contributed by atoms with Gasteiger partial charge in [-0.15, -0.1) is 10.2 Å². The van der Waals surface area contributed by atoms with Crippen LogP contribution in [0.2, 0.25) is 0 Å². The number of nitrogens with zero attached hydrogens (tertiary/aromatic N) is 3. The van der Waals surface area contributed by atoms with Crippen LogP contribution >= 0.6 is 22.6 Å². The first-order valence-electron chi connectivity index (χ1n) is 5.34. The first-order valence-corrected chi connectivity index (χ1v) is 6.42. The predicted molar refractivity (Wildman–Crippen MR) is 76.6 cm³/mol. The summed E-state index contributed by atoms with van der Waals surface area (Å²) < 4.78 is 15.8. The SMILES string of the molecule is CC(Nc1cc(F)c(I)cc1N)c1nncn1C. The van der Waals surface area contributed by atoms with E-state index < -0.39 is 0 Å². The smallest absolute Gasteiger partial charge is 0.154 e. The molecule has 18 heavy (non-hydrogen) atoms. The van der Waals surface area contributed by atoms with Gasteiger partial charge in [-0.25, -0.2) is 4.39 Å². The average molecular weight is 361 g/mol. The number of nitrogen functional groups attached to an aromatic ring is 1. The van der Waals surface area contributed by atoms with Crippen LogP contribution in [0.1, 0.15) is 18.8 Å². The zero-order chi connectivity index (χ0) is 13.3. The minimum Gasteiger partial charge on any atom is -0.397 e. The highest BCUT2D eigenvalue weighted by Gasteiger charge is 2.13. The van der Waals surface area contributed by atoms with Crippen molar-refractivity contribution in [2.24, 2.45) is 7.05 Å².